The van der Waals surface area contributed by atoms with Crippen molar-refractivity contribution in [2.75, 3.05) is 6.54 Å². The molecule has 1 unspecified atom stereocenters. The van der Waals surface area contributed by atoms with Crippen molar-refractivity contribution >= 4 is 28.5 Å². The maximum absolute atomic E-state index is 5.95. The van der Waals surface area contributed by atoms with Crippen molar-refractivity contribution in [2.45, 2.75) is 26.4 Å². The van der Waals surface area contributed by atoms with Crippen LogP contribution in [-0.4, -0.2) is 17.6 Å². The smallest absolute Gasteiger partial charge is 0.120 e. The molecule has 0 aliphatic carbocycles. The highest BCUT2D eigenvalue weighted by atomic mass is 32.1. The van der Waals surface area contributed by atoms with E-state index < -0.39 is 0 Å². The number of hydrogen-bond donors (Lipinski definition) is 1. The summed E-state index contributed by atoms with van der Waals surface area (Å²) in [7, 11) is 0. The van der Waals surface area contributed by atoms with E-state index in [1.807, 2.05) is 26.0 Å². The number of thiocarbonyl (C=S) groups is 1. The molecular weight excluding hydrogens is 286 g/mol. The lowest BCUT2D eigenvalue weighted by Crippen LogP contribution is -2.26. The summed E-state index contributed by atoms with van der Waals surface area (Å²) in [5.74, 6) is 0.889. The molecule has 0 bridgehead atoms. The van der Waals surface area contributed by atoms with Gasteiger partial charge in [-0.25, -0.2) is 0 Å². The van der Waals surface area contributed by atoms with E-state index in [-0.39, 0.29) is 6.10 Å². The van der Waals surface area contributed by atoms with Crippen LogP contribution >= 0.6 is 23.6 Å². The van der Waals surface area contributed by atoms with Crippen LogP contribution in [0.3, 0.4) is 0 Å². The van der Waals surface area contributed by atoms with E-state index in [4.69, 9.17) is 17.0 Å². The molecule has 0 spiro atoms. The highest BCUT2D eigenvalue weighted by molar-refractivity contribution is 7.80. The molecule has 1 N–H and O–H groups in total. The fourth-order valence-corrected chi connectivity index (χ4v) is 3.03. The summed E-state index contributed by atoms with van der Waals surface area (Å²) >= 11 is 6.95. The van der Waals surface area contributed by atoms with E-state index in [1.54, 1.807) is 11.3 Å². The lowest BCUT2D eigenvalue weighted by molar-refractivity contribution is 0.230. The molecule has 0 fully saturated rings. The molecule has 2 nitrogen and oxygen atoms in total. The second-order valence-electron chi connectivity index (χ2n) is 4.63. The Bertz CT molecular complexity index is 551. The van der Waals surface area contributed by atoms with Crippen LogP contribution in [0.5, 0.6) is 5.75 Å². The van der Waals surface area contributed by atoms with Gasteiger partial charge in [-0.1, -0.05) is 24.4 Å². The van der Waals surface area contributed by atoms with E-state index in [0.717, 1.165) is 23.7 Å². The van der Waals surface area contributed by atoms with Crippen LogP contribution in [0.25, 0.3) is 11.1 Å². The number of nitrogens with one attached hydrogen (secondary N) is 1. The lowest BCUT2D eigenvalue weighted by Gasteiger charge is -2.16. The molecular formula is C16H19NOS2. The second-order valence-corrected chi connectivity index (χ2v) is 5.90. The zero-order valence-electron chi connectivity index (χ0n) is 11.8. The molecule has 0 saturated carbocycles. The first-order chi connectivity index (χ1) is 9.69. The van der Waals surface area contributed by atoms with Crippen LogP contribution in [0, 0.1) is 0 Å². The molecule has 106 valence electrons. The highest BCUT2D eigenvalue weighted by Gasteiger charge is 2.08. The summed E-state index contributed by atoms with van der Waals surface area (Å²) in [6.07, 6.45) is 0.811. The fraction of sp³-hybridized carbons (Fsp3) is 0.312. The Hall–Kier alpha value is -1.39. The van der Waals surface area contributed by atoms with Gasteiger partial charge in [-0.15, -0.1) is 0 Å². The molecule has 1 atom stereocenters. The zero-order valence-corrected chi connectivity index (χ0v) is 13.4. The van der Waals surface area contributed by atoms with Gasteiger partial charge < -0.3 is 10.1 Å². The predicted molar refractivity (Wildman–Crippen MR) is 90.7 cm³/mol. The van der Waals surface area contributed by atoms with Crippen molar-refractivity contribution in [3.8, 4) is 16.9 Å². The maximum Gasteiger partial charge on any atom is 0.120 e. The minimum Gasteiger partial charge on any atom is -0.490 e. The first-order valence-corrected chi connectivity index (χ1v) is 8.10. The first kappa shape index (κ1) is 15.0. The Morgan fingerprint density at radius 2 is 2.20 bits per heavy atom. The Morgan fingerprint density at radius 3 is 2.90 bits per heavy atom. The minimum absolute atomic E-state index is 0.0688. The van der Waals surface area contributed by atoms with Crippen LogP contribution in [0.2, 0.25) is 0 Å². The largest absolute Gasteiger partial charge is 0.490 e. The van der Waals surface area contributed by atoms with Crippen LogP contribution in [0.4, 0.5) is 0 Å². The molecule has 0 aliphatic heterocycles. The lowest BCUT2D eigenvalue weighted by atomic mass is 10.1. The van der Waals surface area contributed by atoms with Crippen molar-refractivity contribution in [3.63, 3.8) is 0 Å². The summed E-state index contributed by atoms with van der Waals surface area (Å²) in [6.45, 7) is 4.95. The fourth-order valence-electron chi connectivity index (χ4n) is 1.98. The third-order valence-electron chi connectivity index (χ3n) is 2.87. The third kappa shape index (κ3) is 4.32. The monoisotopic (exact) mass is 305 g/mol. The Balaban J connectivity index is 1.99. The van der Waals surface area contributed by atoms with Crippen molar-refractivity contribution in [2.24, 2.45) is 0 Å². The number of ether oxygens (including phenoxy) is 1. The molecule has 0 saturated heterocycles. The van der Waals surface area contributed by atoms with Gasteiger partial charge in [0.15, 0.2) is 0 Å². The predicted octanol–water partition coefficient (Wildman–Crippen LogP) is 4.51. The quantitative estimate of drug-likeness (QED) is 0.793. The van der Waals surface area contributed by atoms with Crippen LogP contribution in [0.1, 0.15) is 20.3 Å². The topological polar surface area (TPSA) is 21.3 Å². The van der Waals surface area contributed by atoms with E-state index in [1.165, 1.54) is 11.1 Å². The van der Waals surface area contributed by atoms with Crippen molar-refractivity contribution in [3.05, 3.63) is 41.1 Å². The van der Waals surface area contributed by atoms with Gasteiger partial charge in [0.1, 0.15) is 11.9 Å². The van der Waals surface area contributed by atoms with Gasteiger partial charge in [0, 0.05) is 13.0 Å². The molecule has 20 heavy (non-hydrogen) atoms. The zero-order chi connectivity index (χ0) is 14.4. The normalized spacial score (nSPS) is 11.9. The van der Waals surface area contributed by atoms with Crippen LogP contribution < -0.4 is 10.1 Å². The van der Waals surface area contributed by atoms with E-state index >= 15 is 0 Å². The molecule has 0 aliphatic rings. The third-order valence-corrected chi connectivity index (χ3v) is 3.87. The van der Waals surface area contributed by atoms with Gasteiger partial charge in [0.05, 0.1) is 4.99 Å². The van der Waals surface area contributed by atoms with Gasteiger partial charge in [0.25, 0.3) is 0 Å². The summed E-state index contributed by atoms with van der Waals surface area (Å²) in [5.41, 5.74) is 2.42. The first-order valence-electron chi connectivity index (χ1n) is 6.75. The second kappa shape index (κ2) is 7.41. The molecule has 2 aromatic rings. The van der Waals surface area contributed by atoms with Gasteiger partial charge in [-0.3, -0.25) is 0 Å². The van der Waals surface area contributed by atoms with Gasteiger partial charge >= 0.3 is 0 Å². The van der Waals surface area contributed by atoms with E-state index in [9.17, 15) is 0 Å². The number of benzene rings is 1. The molecule has 0 amide bonds. The highest BCUT2D eigenvalue weighted by Crippen LogP contribution is 2.26. The molecule has 1 aromatic heterocycles. The van der Waals surface area contributed by atoms with E-state index in [2.05, 4.69) is 34.3 Å². The Morgan fingerprint density at radius 1 is 1.35 bits per heavy atom. The van der Waals surface area contributed by atoms with Gasteiger partial charge in [0.2, 0.25) is 0 Å². The van der Waals surface area contributed by atoms with Gasteiger partial charge in [-0.2, -0.15) is 11.3 Å². The minimum atomic E-state index is 0.0688. The molecule has 2 rings (SSSR count). The summed E-state index contributed by atoms with van der Waals surface area (Å²) in [5, 5.41) is 7.37. The Kier molecular flexibility index (Phi) is 5.56. The van der Waals surface area contributed by atoms with Crippen LogP contribution in [0.15, 0.2) is 41.1 Å². The van der Waals surface area contributed by atoms with E-state index in [0.29, 0.717) is 0 Å². The van der Waals surface area contributed by atoms with Crippen molar-refractivity contribution < 1.29 is 4.74 Å². The summed E-state index contributed by atoms with van der Waals surface area (Å²) < 4.78 is 5.95. The number of thiophene rings is 1. The number of rotatable bonds is 6. The SMILES string of the molecule is CCNC(=S)CC(C)Oc1cccc(-c2ccsc2)c1. The van der Waals surface area contributed by atoms with Crippen molar-refractivity contribution in [1.82, 2.24) is 5.32 Å². The summed E-state index contributed by atoms with van der Waals surface area (Å²) in [4.78, 5) is 0.856. The van der Waals surface area contributed by atoms with Crippen molar-refractivity contribution in [1.29, 1.82) is 0 Å². The average Bonchev–Trinajstić information content (AvgIpc) is 2.92. The maximum atomic E-state index is 5.95. The molecule has 1 aromatic carbocycles. The average molecular weight is 305 g/mol. The molecule has 4 heteroatoms. The number of hydrogen-bond acceptors (Lipinski definition) is 3. The summed E-state index contributed by atoms with van der Waals surface area (Å²) in [6, 6.07) is 10.3. The standard InChI is InChI=1S/C16H19NOS2/c1-3-17-16(19)9-12(2)18-15-6-4-5-13(10-15)14-7-8-20-11-14/h4-8,10-12H,3,9H2,1-2H3,(H,17,19). The Labute approximate surface area is 129 Å². The molecule has 0 radical (unpaired) electrons. The molecule has 1 heterocycles. The van der Waals surface area contributed by atoms with Gasteiger partial charge in [-0.05, 0) is 53.9 Å². The van der Waals surface area contributed by atoms with Crippen LogP contribution in [-0.2, 0) is 0 Å².